The molecule has 1 heterocycles. The van der Waals surface area contributed by atoms with Crippen LogP contribution in [0, 0.1) is 16.0 Å². The molecule has 0 aromatic carbocycles. The highest BCUT2D eigenvalue weighted by Gasteiger charge is 2.19. The van der Waals surface area contributed by atoms with Gasteiger partial charge < -0.3 is 5.32 Å². The molecule has 1 aromatic heterocycles. The predicted octanol–water partition coefficient (Wildman–Crippen LogP) is 1.52. The third-order valence-electron chi connectivity index (χ3n) is 2.30. The summed E-state index contributed by atoms with van der Waals surface area (Å²) in [5.41, 5.74) is 2.10. The SMILES string of the molecule is CC(C)CC(C)Nc1nc(NN)ncc1[N+](=O)[O-]. The Bertz CT molecular complexity index is 423. The quantitative estimate of drug-likeness (QED) is 0.400. The molecular weight excluding hydrogens is 236 g/mol. The monoisotopic (exact) mass is 254 g/mol. The van der Waals surface area contributed by atoms with Gasteiger partial charge >= 0.3 is 5.69 Å². The minimum absolute atomic E-state index is 0.0734. The van der Waals surface area contributed by atoms with Crippen LogP contribution in [0.1, 0.15) is 27.2 Å². The van der Waals surface area contributed by atoms with E-state index >= 15 is 0 Å². The number of nitrogens with zero attached hydrogens (tertiary/aromatic N) is 3. The van der Waals surface area contributed by atoms with Gasteiger partial charge in [0.05, 0.1) is 4.92 Å². The van der Waals surface area contributed by atoms with E-state index in [-0.39, 0.29) is 23.5 Å². The Hall–Kier alpha value is -1.96. The zero-order valence-corrected chi connectivity index (χ0v) is 10.7. The second kappa shape index (κ2) is 6.10. The number of nitrogen functional groups attached to an aromatic ring is 1. The van der Waals surface area contributed by atoms with E-state index in [1.54, 1.807) is 0 Å². The normalized spacial score (nSPS) is 12.3. The van der Waals surface area contributed by atoms with Gasteiger partial charge in [0.15, 0.2) is 0 Å². The molecule has 0 fully saturated rings. The lowest BCUT2D eigenvalue weighted by atomic mass is 10.1. The molecule has 1 atom stereocenters. The number of rotatable bonds is 6. The highest BCUT2D eigenvalue weighted by atomic mass is 16.6. The standard InChI is InChI=1S/C10H18N6O2/c1-6(2)4-7(3)13-9-8(16(17)18)5-12-10(14-9)15-11/h5-7H,4,11H2,1-3H3,(H2,12,13,14,15). The molecule has 0 aliphatic heterocycles. The fourth-order valence-corrected chi connectivity index (χ4v) is 1.68. The van der Waals surface area contributed by atoms with Crippen molar-refractivity contribution in [2.45, 2.75) is 33.2 Å². The van der Waals surface area contributed by atoms with Gasteiger partial charge in [0.1, 0.15) is 6.20 Å². The number of anilines is 2. The van der Waals surface area contributed by atoms with Gasteiger partial charge in [0, 0.05) is 6.04 Å². The highest BCUT2D eigenvalue weighted by molar-refractivity contribution is 5.57. The van der Waals surface area contributed by atoms with Gasteiger partial charge in [-0.1, -0.05) is 13.8 Å². The first-order chi connectivity index (χ1) is 8.43. The van der Waals surface area contributed by atoms with Crippen LogP contribution in [0.25, 0.3) is 0 Å². The minimum atomic E-state index is -0.523. The first-order valence-corrected chi connectivity index (χ1v) is 5.68. The maximum Gasteiger partial charge on any atom is 0.329 e. The van der Waals surface area contributed by atoms with Gasteiger partial charge in [0.2, 0.25) is 11.8 Å². The second-order valence-electron chi connectivity index (χ2n) is 4.50. The van der Waals surface area contributed by atoms with Crippen LogP contribution in [0.4, 0.5) is 17.5 Å². The van der Waals surface area contributed by atoms with E-state index in [1.807, 2.05) is 6.92 Å². The van der Waals surface area contributed by atoms with Crippen molar-refractivity contribution in [2.24, 2.45) is 11.8 Å². The molecule has 0 saturated carbocycles. The number of nitrogens with one attached hydrogen (secondary N) is 2. The Morgan fingerprint density at radius 1 is 1.50 bits per heavy atom. The van der Waals surface area contributed by atoms with Crippen LogP contribution in [0.15, 0.2) is 6.20 Å². The van der Waals surface area contributed by atoms with Crippen molar-refractivity contribution < 1.29 is 4.92 Å². The van der Waals surface area contributed by atoms with E-state index in [9.17, 15) is 10.1 Å². The lowest BCUT2D eigenvalue weighted by Gasteiger charge is -2.16. The summed E-state index contributed by atoms with van der Waals surface area (Å²) < 4.78 is 0. The van der Waals surface area contributed by atoms with E-state index in [0.29, 0.717) is 5.92 Å². The first-order valence-electron chi connectivity index (χ1n) is 5.68. The molecule has 18 heavy (non-hydrogen) atoms. The van der Waals surface area contributed by atoms with Gasteiger partial charge in [-0.3, -0.25) is 15.5 Å². The summed E-state index contributed by atoms with van der Waals surface area (Å²) >= 11 is 0. The van der Waals surface area contributed by atoms with E-state index in [4.69, 9.17) is 5.84 Å². The van der Waals surface area contributed by atoms with E-state index in [0.717, 1.165) is 12.6 Å². The van der Waals surface area contributed by atoms with Gasteiger partial charge in [-0.2, -0.15) is 4.98 Å². The predicted molar refractivity (Wildman–Crippen MR) is 69.0 cm³/mol. The van der Waals surface area contributed by atoms with Crippen molar-refractivity contribution in [1.82, 2.24) is 9.97 Å². The van der Waals surface area contributed by atoms with E-state index in [2.05, 4.69) is 34.6 Å². The average molecular weight is 254 g/mol. The molecule has 0 saturated heterocycles. The van der Waals surface area contributed by atoms with Crippen LogP contribution < -0.4 is 16.6 Å². The van der Waals surface area contributed by atoms with Crippen LogP contribution in [0.3, 0.4) is 0 Å². The van der Waals surface area contributed by atoms with Crippen LogP contribution in [0.2, 0.25) is 0 Å². The minimum Gasteiger partial charge on any atom is -0.362 e. The molecule has 100 valence electrons. The Morgan fingerprint density at radius 3 is 2.67 bits per heavy atom. The molecule has 1 rings (SSSR count). The number of nitrogens with two attached hydrogens (primary N) is 1. The molecule has 0 radical (unpaired) electrons. The molecule has 1 aromatic rings. The summed E-state index contributed by atoms with van der Waals surface area (Å²) in [4.78, 5) is 18.0. The maximum absolute atomic E-state index is 10.9. The van der Waals surface area contributed by atoms with Crippen LogP contribution in [-0.2, 0) is 0 Å². The third-order valence-corrected chi connectivity index (χ3v) is 2.30. The molecule has 0 amide bonds. The van der Waals surface area contributed by atoms with Crippen molar-refractivity contribution in [3.05, 3.63) is 16.3 Å². The van der Waals surface area contributed by atoms with E-state index < -0.39 is 4.92 Å². The van der Waals surface area contributed by atoms with Crippen LogP contribution >= 0.6 is 0 Å². The van der Waals surface area contributed by atoms with Crippen molar-refractivity contribution in [2.75, 3.05) is 10.7 Å². The fourth-order valence-electron chi connectivity index (χ4n) is 1.68. The molecule has 8 nitrogen and oxygen atoms in total. The number of aromatic nitrogens is 2. The summed E-state index contributed by atoms with van der Waals surface area (Å²) in [5.74, 6) is 5.99. The molecule has 0 spiro atoms. The molecule has 0 aliphatic rings. The van der Waals surface area contributed by atoms with Gasteiger partial charge in [-0.15, -0.1) is 0 Å². The van der Waals surface area contributed by atoms with Crippen molar-refractivity contribution in [3.63, 3.8) is 0 Å². The molecule has 8 heteroatoms. The largest absolute Gasteiger partial charge is 0.362 e. The third kappa shape index (κ3) is 3.81. The molecule has 0 bridgehead atoms. The molecule has 1 unspecified atom stereocenters. The number of hydrazine groups is 1. The Morgan fingerprint density at radius 2 is 2.17 bits per heavy atom. The first kappa shape index (κ1) is 14.1. The smallest absolute Gasteiger partial charge is 0.329 e. The Balaban J connectivity index is 2.93. The van der Waals surface area contributed by atoms with Crippen LogP contribution in [0.5, 0.6) is 0 Å². The lowest BCUT2D eigenvalue weighted by molar-refractivity contribution is -0.384. The maximum atomic E-state index is 10.9. The van der Waals surface area contributed by atoms with Gasteiger partial charge in [-0.25, -0.2) is 10.8 Å². The zero-order chi connectivity index (χ0) is 13.7. The van der Waals surface area contributed by atoms with Gasteiger partial charge in [-0.05, 0) is 19.3 Å². The number of hydrogen-bond acceptors (Lipinski definition) is 7. The van der Waals surface area contributed by atoms with E-state index in [1.165, 1.54) is 0 Å². The van der Waals surface area contributed by atoms with Crippen molar-refractivity contribution in [3.8, 4) is 0 Å². The Kier molecular flexibility index (Phi) is 4.78. The topological polar surface area (TPSA) is 119 Å². The summed E-state index contributed by atoms with van der Waals surface area (Å²) in [7, 11) is 0. The highest BCUT2D eigenvalue weighted by Crippen LogP contribution is 2.23. The summed E-state index contributed by atoms with van der Waals surface area (Å²) in [6.45, 7) is 6.11. The summed E-state index contributed by atoms with van der Waals surface area (Å²) in [6.07, 6.45) is 2.01. The zero-order valence-electron chi connectivity index (χ0n) is 10.7. The average Bonchev–Trinajstić information content (AvgIpc) is 2.27. The van der Waals surface area contributed by atoms with Crippen molar-refractivity contribution in [1.29, 1.82) is 0 Å². The second-order valence-corrected chi connectivity index (χ2v) is 4.50. The number of hydrogen-bond donors (Lipinski definition) is 3. The van der Waals surface area contributed by atoms with Crippen molar-refractivity contribution >= 4 is 17.5 Å². The number of nitro groups is 1. The molecule has 4 N–H and O–H groups in total. The fraction of sp³-hybridized carbons (Fsp3) is 0.600. The Labute approximate surface area is 105 Å². The molecular formula is C10H18N6O2. The van der Waals surface area contributed by atoms with Crippen LogP contribution in [-0.4, -0.2) is 20.9 Å². The van der Waals surface area contributed by atoms with Gasteiger partial charge in [0.25, 0.3) is 0 Å². The lowest BCUT2D eigenvalue weighted by Crippen LogP contribution is -2.20. The summed E-state index contributed by atoms with van der Waals surface area (Å²) in [6, 6.07) is 0.0734. The summed E-state index contributed by atoms with van der Waals surface area (Å²) in [5, 5.41) is 13.9. The molecule has 0 aliphatic carbocycles.